The molecule has 1 saturated heterocycles. The van der Waals surface area contributed by atoms with Gasteiger partial charge in [-0.3, -0.25) is 9.69 Å². The summed E-state index contributed by atoms with van der Waals surface area (Å²) in [5.41, 5.74) is 4.55. The van der Waals surface area contributed by atoms with Crippen molar-refractivity contribution in [2.75, 3.05) is 13.1 Å². The van der Waals surface area contributed by atoms with E-state index in [-0.39, 0.29) is 11.6 Å². The predicted molar refractivity (Wildman–Crippen MR) is 125 cm³/mol. The lowest BCUT2D eigenvalue weighted by Crippen LogP contribution is -2.48. The average molecular weight is 439 g/mol. The predicted octanol–water partition coefficient (Wildman–Crippen LogP) is 3.34. The molecule has 0 saturated carbocycles. The number of fused-ring (bicyclic) bond motifs is 4. The molecular formula is C26H26N6O. The highest BCUT2D eigenvalue weighted by molar-refractivity contribution is 5.41. The van der Waals surface area contributed by atoms with Crippen LogP contribution in [0.5, 0.6) is 0 Å². The van der Waals surface area contributed by atoms with Gasteiger partial charge in [-0.1, -0.05) is 54.6 Å². The number of hydrogen-bond donors (Lipinski definition) is 0. The van der Waals surface area contributed by atoms with Gasteiger partial charge in [-0.05, 0) is 52.9 Å². The van der Waals surface area contributed by atoms with Gasteiger partial charge in [0.15, 0.2) is 5.82 Å². The maximum absolute atomic E-state index is 12.5. The number of aryl methyl sites for hydroxylation is 1. The zero-order chi connectivity index (χ0) is 22.4. The van der Waals surface area contributed by atoms with Gasteiger partial charge in [0.05, 0.1) is 11.7 Å². The van der Waals surface area contributed by atoms with Gasteiger partial charge < -0.3 is 4.57 Å². The van der Waals surface area contributed by atoms with Crippen LogP contribution >= 0.6 is 0 Å². The standard InChI is InChI=1S/C26H26N6O/c1-18-8-5-6-11-22(18)32-26(27-28-29-32)25(20-9-3-2-4-10-20)30-15-19-14-21(17-30)23-12-7-13-24(33)31(23)16-19/h2-13,19,21,25H,14-17H2,1H3/t19-,21-,25-/m0/s1. The van der Waals surface area contributed by atoms with Gasteiger partial charge in [0, 0.05) is 37.3 Å². The second kappa shape index (κ2) is 8.08. The molecule has 1 fully saturated rings. The molecule has 3 atom stereocenters. The minimum Gasteiger partial charge on any atom is -0.312 e. The summed E-state index contributed by atoms with van der Waals surface area (Å²) in [5.74, 6) is 1.56. The normalized spacial score (nSPS) is 20.9. The number of aromatic nitrogens is 5. The number of piperidine rings is 1. The fraction of sp³-hybridized carbons (Fsp3) is 0.308. The van der Waals surface area contributed by atoms with Crippen molar-refractivity contribution in [3.63, 3.8) is 0 Å². The number of pyridine rings is 1. The van der Waals surface area contributed by atoms with E-state index in [1.165, 1.54) is 5.56 Å². The van der Waals surface area contributed by atoms with Gasteiger partial charge in [0.2, 0.25) is 0 Å². The molecular weight excluding hydrogens is 412 g/mol. The second-order valence-corrected chi connectivity index (χ2v) is 9.20. The van der Waals surface area contributed by atoms with Crippen LogP contribution in [0.2, 0.25) is 0 Å². The smallest absolute Gasteiger partial charge is 0.250 e. The molecule has 0 aliphatic carbocycles. The van der Waals surface area contributed by atoms with Crippen molar-refractivity contribution in [1.29, 1.82) is 0 Å². The van der Waals surface area contributed by atoms with Crippen molar-refractivity contribution in [3.05, 3.63) is 106 Å². The lowest BCUT2D eigenvalue weighted by Gasteiger charge is -2.45. The van der Waals surface area contributed by atoms with Crippen LogP contribution in [-0.2, 0) is 6.54 Å². The largest absolute Gasteiger partial charge is 0.312 e. The summed E-state index contributed by atoms with van der Waals surface area (Å²) < 4.78 is 3.86. The Morgan fingerprint density at radius 3 is 2.58 bits per heavy atom. The Balaban J connectivity index is 1.44. The fourth-order valence-corrected chi connectivity index (χ4v) is 5.64. The quantitative estimate of drug-likeness (QED) is 0.489. The number of likely N-dealkylation sites (tertiary alicyclic amines) is 1. The SMILES string of the molecule is Cc1ccccc1-n1nnnc1[C@H](c1ccccc1)N1C[C@@H]2C[C@@H](C1)c1cccc(=O)n1C2. The molecule has 33 heavy (non-hydrogen) atoms. The summed E-state index contributed by atoms with van der Waals surface area (Å²) >= 11 is 0. The summed E-state index contributed by atoms with van der Waals surface area (Å²) in [6.07, 6.45) is 1.12. The highest BCUT2D eigenvalue weighted by Crippen LogP contribution is 2.40. The van der Waals surface area contributed by atoms with E-state index in [0.29, 0.717) is 11.8 Å². The van der Waals surface area contributed by atoms with Crippen molar-refractivity contribution < 1.29 is 0 Å². The lowest BCUT2D eigenvalue weighted by atomic mass is 9.82. The minimum atomic E-state index is -0.0758. The second-order valence-electron chi connectivity index (χ2n) is 9.20. The summed E-state index contributed by atoms with van der Waals surface area (Å²) in [7, 11) is 0. The molecule has 0 amide bonds. The maximum Gasteiger partial charge on any atom is 0.250 e. The van der Waals surface area contributed by atoms with E-state index >= 15 is 0 Å². The third-order valence-corrected chi connectivity index (χ3v) is 7.07. The van der Waals surface area contributed by atoms with Crippen molar-refractivity contribution in [1.82, 2.24) is 29.7 Å². The van der Waals surface area contributed by atoms with Gasteiger partial charge >= 0.3 is 0 Å². The highest BCUT2D eigenvalue weighted by Gasteiger charge is 2.39. The van der Waals surface area contributed by atoms with E-state index in [2.05, 4.69) is 69.8 Å². The molecule has 2 aliphatic rings. The fourth-order valence-electron chi connectivity index (χ4n) is 5.64. The molecule has 2 aromatic carbocycles. The van der Waals surface area contributed by atoms with Crippen LogP contribution in [0.3, 0.4) is 0 Å². The highest BCUT2D eigenvalue weighted by atomic mass is 16.1. The first-order valence-corrected chi connectivity index (χ1v) is 11.5. The number of hydrogen-bond acceptors (Lipinski definition) is 5. The molecule has 2 aliphatic heterocycles. The van der Waals surface area contributed by atoms with Crippen LogP contribution in [0, 0.1) is 12.8 Å². The molecule has 7 nitrogen and oxygen atoms in total. The Hall–Kier alpha value is -3.58. The molecule has 7 heteroatoms. The van der Waals surface area contributed by atoms with E-state index < -0.39 is 0 Å². The van der Waals surface area contributed by atoms with Crippen LogP contribution in [0.15, 0.2) is 77.6 Å². The zero-order valence-electron chi connectivity index (χ0n) is 18.6. The van der Waals surface area contributed by atoms with E-state index in [9.17, 15) is 4.79 Å². The number of benzene rings is 2. The summed E-state index contributed by atoms with van der Waals surface area (Å²) in [6, 6.07) is 24.3. The van der Waals surface area contributed by atoms with Gasteiger partial charge in [-0.25, -0.2) is 0 Å². The van der Waals surface area contributed by atoms with Crippen LogP contribution in [0.25, 0.3) is 5.69 Å². The first kappa shape index (κ1) is 20.1. The lowest BCUT2D eigenvalue weighted by molar-refractivity contribution is 0.0912. The molecule has 6 rings (SSSR count). The molecule has 0 unspecified atom stereocenters. The molecule has 0 radical (unpaired) electrons. The van der Waals surface area contributed by atoms with Crippen LogP contribution in [0.4, 0.5) is 0 Å². The van der Waals surface area contributed by atoms with Crippen LogP contribution in [0.1, 0.15) is 41.0 Å². The third kappa shape index (κ3) is 3.49. The maximum atomic E-state index is 12.5. The van der Waals surface area contributed by atoms with E-state index in [4.69, 9.17) is 0 Å². The van der Waals surface area contributed by atoms with Gasteiger partial charge in [0.1, 0.15) is 0 Å². The van der Waals surface area contributed by atoms with Gasteiger partial charge in [-0.15, -0.1) is 5.10 Å². The molecule has 0 N–H and O–H groups in total. The van der Waals surface area contributed by atoms with Gasteiger partial charge in [-0.2, -0.15) is 4.68 Å². The first-order chi connectivity index (χ1) is 16.2. The molecule has 4 heterocycles. The average Bonchev–Trinajstić information content (AvgIpc) is 3.30. The number of tetrazole rings is 1. The van der Waals surface area contributed by atoms with Gasteiger partial charge in [0.25, 0.3) is 5.56 Å². The monoisotopic (exact) mass is 438 g/mol. The minimum absolute atomic E-state index is 0.0758. The molecule has 2 bridgehead atoms. The van der Waals surface area contributed by atoms with Crippen molar-refractivity contribution in [3.8, 4) is 5.69 Å². The number of nitrogens with zero attached hydrogens (tertiary/aromatic N) is 6. The molecule has 0 spiro atoms. The number of para-hydroxylation sites is 1. The summed E-state index contributed by atoms with van der Waals surface area (Å²) in [6.45, 7) is 4.61. The molecule has 4 aromatic rings. The van der Waals surface area contributed by atoms with E-state index in [1.807, 2.05) is 33.5 Å². The van der Waals surface area contributed by atoms with Crippen molar-refractivity contribution in [2.24, 2.45) is 5.92 Å². The Labute approximate surface area is 192 Å². The topological polar surface area (TPSA) is 68.8 Å². The van der Waals surface area contributed by atoms with Crippen molar-refractivity contribution >= 4 is 0 Å². The zero-order valence-corrected chi connectivity index (χ0v) is 18.6. The summed E-state index contributed by atoms with van der Waals surface area (Å²) in [5, 5.41) is 13.0. The Morgan fingerprint density at radius 2 is 1.73 bits per heavy atom. The Morgan fingerprint density at radius 1 is 0.909 bits per heavy atom. The summed E-state index contributed by atoms with van der Waals surface area (Å²) in [4.78, 5) is 15.0. The first-order valence-electron chi connectivity index (χ1n) is 11.5. The Bertz CT molecular complexity index is 1340. The molecule has 166 valence electrons. The number of rotatable bonds is 4. The van der Waals surface area contributed by atoms with Crippen LogP contribution < -0.4 is 5.56 Å². The van der Waals surface area contributed by atoms with Crippen molar-refractivity contribution in [2.45, 2.75) is 31.8 Å². The van der Waals surface area contributed by atoms with Crippen LogP contribution in [-0.4, -0.2) is 42.8 Å². The molecule has 2 aromatic heterocycles. The van der Waals surface area contributed by atoms with E-state index in [1.54, 1.807) is 6.07 Å². The Kier molecular flexibility index (Phi) is 4.91. The van der Waals surface area contributed by atoms with E-state index in [0.717, 1.165) is 48.8 Å². The third-order valence-electron chi connectivity index (χ3n) is 7.07.